The highest BCUT2D eigenvalue weighted by Gasteiger charge is 2.07. The van der Waals surface area contributed by atoms with E-state index in [1.54, 1.807) is 23.1 Å². The Morgan fingerprint density at radius 1 is 1.40 bits per heavy atom. The molecule has 2 N–H and O–H groups in total. The van der Waals surface area contributed by atoms with Crippen LogP contribution < -0.4 is 5.32 Å². The van der Waals surface area contributed by atoms with Crippen LogP contribution in [0.15, 0.2) is 41.5 Å². The smallest absolute Gasteiger partial charge is 0.356 e. The van der Waals surface area contributed by atoms with Crippen LogP contribution in [0.5, 0.6) is 0 Å². The van der Waals surface area contributed by atoms with Gasteiger partial charge in [-0.15, -0.1) is 0 Å². The van der Waals surface area contributed by atoms with Gasteiger partial charge in [-0.05, 0) is 12.1 Å². The fourth-order valence-corrected chi connectivity index (χ4v) is 1.93. The molecule has 0 aliphatic carbocycles. The molecule has 3 rings (SSSR count). The number of pyridine rings is 1. The summed E-state index contributed by atoms with van der Waals surface area (Å²) >= 11 is 0. The van der Waals surface area contributed by atoms with Crippen LogP contribution in [0.4, 0.5) is 5.82 Å². The normalized spacial score (nSPS) is 10.8. The number of imidazole rings is 1. The van der Waals surface area contributed by atoms with E-state index in [1.165, 1.54) is 12.5 Å². The van der Waals surface area contributed by atoms with Gasteiger partial charge in [0.1, 0.15) is 11.4 Å². The summed E-state index contributed by atoms with van der Waals surface area (Å²) in [4.78, 5) is 18.8. The molecule has 0 saturated heterocycles. The van der Waals surface area contributed by atoms with E-state index in [0.717, 1.165) is 16.8 Å². The molecule has 3 heterocycles. The molecule has 0 bridgehead atoms. The zero-order valence-corrected chi connectivity index (χ0v) is 10.5. The molecular formula is C13H12N4O3. The van der Waals surface area contributed by atoms with E-state index in [0.29, 0.717) is 13.1 Å². The van der Waals surface area contributed by atoms with Gasteiger partial charge in [-0.3, -0.25) is 0 Å². The average molecular weight is 272 g/mol. The number of furan rings is 1. The Balaban J connectivity index is 1.64. The quantitative estimate of drug-likeness (QED) is 0.736. The fourth-order valence-electron chi connectivity index (χ4n) is 1.93. The minimum Gasteiger partial charge on any atom is -0.476 e. The van der Waals surface area contributed by atoms with Gasteiger partial charge < -0.3 is 19.4 Å². The lowest BCUT2D eigenvalue weighted by atomic mass is 10.3. The Labute approximate surface area is 113 Å². The summed E-state index contributed by atoms with van der Waals surface area (Å²) in [6.07, 6.45) is 6.29. The summed E-state index contributed by atoms with van der Waals surface area (Å²) in [6.45, 7) is 1.20. The number of carboxylic acids is 1. The van der Waals surface area contributed by atoms with E-state index in [-0.39, 0.29) is 5.69 Å². The highest BCUT2D eigenvalue weighted by molar-refractivity contribution is 5.87. The number of nitrogens with zero attached hydrogens (tertiary/aromatic N) is 3. The van der Waals surface area contributed by atoms with Crippen molar-refractivity contribution in [3.63, 3.8) is 0 Å². The monoisotopic (exact) mass is 272 g/mol. The van der Waals surface area contributed by atoms with E-state index in [1.807, 2.05) is 6.07 Å². The van der Waals surface area contributed by atoms with Gasteiger partial charge >= 0.3 is 5.97 Å². The predicted molar refractivity (Wildman–Crippen MR) is 71.7 cm³/mol. The maximum absolute atomic E-state index is 10.7. The van der Waals surface area contributed by atoms with Crippen LogP contribution in [-0.4, -0.2) is 32.2 Å². The van der Waals surface area contributed by atoms with E-state index >= 15 is 0 Å². The SMILES string of the molecule is O=C(O)c1cn(CCNc2nccc3occc23)cn1. The summed E-state index contributed by atoms with van der Waals surface area (Å²) in [5.74, 6) is -0.281. The molecule has 0 atom stereocenters. The second-order valence-electron chi connectivity index (χ2n) is 4.22. The van der Waals surface area contributed by atoms with Crippen molar-refractivity contribution in [2.24, 2.45) is 0 Å². The van der Waals surface area contributed by atoms with Crippen molar-refractivity contribution in [3.05, 3.63) is 42.8 Å². The van der Waals surface area contributed by atoms with Gasteiger partial charge in [0, 0.05) is 25.5 Å². The van der Waals surface area contributed by atoms with Gasteiger partial charge in [0.2, 0.25) is 0 Å². The Kier molecular flexibility index (Phi) is 3.08. The molecule has 0 aliphatic rings. The van der Waals surface area contributed by atoms with Crippen molar-refractivity contribution in [2.75, 3.05) is 11.9 Å². The van der Waals surface area contributed by atoms with E-state index in [4.69, 9.17) is 9.52 Å². The first-order valence-corrected chi connectivity index (χ1v) is 6.05. The van der Waals surface area contributed by atoms with Gasteiger partial charge in [-0.25, -0.2) is 14.8 Å². The first kappa shape index (κ1) is 12.2. The number of fused-ring (bicyclic) bond motifs is 1. The Hall–Kier alpha value is -2.83. The molecule has 0 unspecified atom stereocenters. The van der Waals surface area contributed by atoms with Crippen LogP contribution in [0.25, 0.3) is 11.0 Å². The molecule has 0 aromatic carbocycles. The Morgan fingerprint density at radius 2 is 2.30 bits per heavy atom. The summed E-state index contributed by atoms with van der Waals surface area (Å²) < 4.78 is 7.01. The lowest BCUT2D eigenvalue weighted by Crippen LogP contribution is -2.10. The summed E-state index contributed by atoms with van der Waals surface area (Å²) in [7, 11) is 0. The molecule has 3 aromatic rings. The summed E-state index contributed by atoms with van der Waals surface area (Å²) in [5.41, 5.74) is 0.818. The minimum absolute atomic E-state index is 0.0417. The number of nitrogens with one attached hydrogen (secondary N) is 1. The third-order valence-electron chi connectivity index (χ3n) is 2.89. The molecule has 0 spiro atoms. The van der Waals surface area contributed by atoms with Crippen molar-refractivity contribution < 1.29 is 14.3 Å². The maximum Gasteiger partial charge on any atom is 0.356 e. The molecule has 0 amide bonds. The van der Waals surface area contributed by atoms with Crippen molar-refractivity contribution in [2.45, 2.75) is 6.54 Å². The third kappa shape index (κ3) is 2.33. The molecule has 3 aromatic heterocycles. The second kappa shape index (κ2) is 5.04. The average Bonchev–Trinajstić information content (AvgIpc) is 3.07. The first-order valence-electron chi connectivity index (χ1n) is 6.05. The maximum atomic E-state index is 10.7. The van der Waals surface area contributed by atoms with Crippen molar-refractivity contribution in [1.29, 1.82) is 0 Å². The predicted octanol–water partition coefficient (Wildman–Crippen LogP) is 1.83. The molecule has 7 heteroatoms. The second-order valence-corrected chi connectivity index (χ2v) is 4.22. The van der Waals surface area contributed by atoms with Crippen molar-refractivity contribution in [1.82, 2.24) is 14.5 Å². The highest BCUT2D eigenvalue weighted by atomic mass is 16.4. The topological polar surface area (TPSA) is 93.2 Å². The molecule has 102 valence electrons. The number of carboxylic acid groups (broad SMARTS) is 1. The van der Waals surface area contributed by atoms with Crippen LogP contribution >= 0.6 is 0 Å². The summed E-state index contributed by atoms with van der Waals surface area (Å²) in [6, 6.07) is 3.65. The Morgan fingerprint density at radius 3 is 3.10 bits per heavy atom. The van der Waals surface area contributed by atoms with Crippen LogP contribution in [0.2, 0.25) is 0 Å². The van der Waals surface area contributed by atoms with Crippen LogP contribution in [-0.2, 0) is 6.54 Å². The Bertz CT molecular complexity index is 747. The van der Waals surface area contributed by atoms with Crippen LogP contribution in [0, 0.1) is 0 Å². The van der Waals surface area contributed by atoms with Crippen LogP contribution in [0.1, 0.15) is 10.5 Å². The largest absolute Gasteiger partial charge is 0.476 e. The zero-order valence-electron chi connectivity index (χ0n) is 10.5. The number of carbonyl (C=O) groups is 1. The lowest BCUT2D eigenvalue weighted by molar-refractivity contribution is 0.0691. The zero-order chi connectivity index (χ0) is 13.9. The van der Waals surface area contributed by atoms with E-state index < -0.39 is 5.97 Å². The molecule has 0 aliphatic heterocycles. The van der Waals surface area contributed by atoms with Crippen molar-refractivity contribution >= 4 is 22.8 Å². The molecule has 20 heavy (non-hydrogen) atoms. The van der Waals surface area contributed by atoms with Gasteiger partial charge in [-0.1, -0.05) is 0 Å². The minimum atomic E-state index is -1.03. The number of hydrogen-bond donors (Lipinski definition) is 2. The van der Waals surface area contributed by atoms with Crippen LogP contribution in [0.3, 0.4) is 0 Å². The first-order chi connectivity index (χ1) is 9.74. The van der Waals surface area contributed by atoms with Gasteiger partial charge in [-0.2, -0.15) is 0 Å². The fraction of sp³-hybridized carbons (Fsp3) is 0.154. The van der Waals surface area contributed by atoms with Gasteiger partial charge in [0.25, 0.3) is 0 Å². The number of hydrogen-bond acceptors (Lipinski definition) is 5. The highest BCUT2D eigenvalue weighted by Crippen LogP contribution is 2.21. The molecular weight excluding hydrogens is 260 g/mol. The van der Waals surface area contributed by atoms with Gasteiger partial charge in [0.05, 0.1) is 18.0 Å². The molecule has 0 saturated carbocycles. The number of aromatic carboxylic acids is 1. The third-order valence-corrected chi connectivity index (χ3v) is 2.89. The van der Waals surface area contributed by atoms with E-state index in [9.17, 15) is 4.79 Å². The van der Waals surface area contributed by atoms with Gasteiger partial charge in [0.15, 0.2) is 5.69 Å². The number of anilines is 1. The summed E-state index contributed by atoms with van der Waals surface area (Å²) in [5, 5.41) is 12.9. The molecule has 7 nitrogen and oxygen atoms in total. The van der Waals surface area contributed by atoms with Crippen molar-refractivity contribution in [3.8, 4) is 0 Å². The number of aromatic nitrogens is 3. The standard InChI is InChI=1S/C13H12N4O3/c18-13(19)10-7-17(8-16-10)5-4-15-12-9-2-6-20-11(9)1-3-14-12/h1-3,6-8H,4-5H2,(H,14,15)(H,18,19). The number of rotatable bonds is 5. The van der Waals surface area contributed by atoms with E-state index in [2.05, 4.69) is 15.3 Å². The molecule has 0 fully saturated rings. The molecule has 0 radical (unpaired) electrons. The lowest BCUT2D eigenvalue weighted by Gasteiger charge is -2.06.